The number of nitriles is 1. The van der Waals surface area contributed by atoms with E-state index in [1.165, 1.54) is 0 Å². The van der Waals surface area contributed by atoms with Gasteiger partial charge in [0.25, 0.3) is 5.91 Å². The van der Waals surface area contributed by atoms with Crippen molar-refractivity contribution in [3.05, 3.63) is 52.7 Å². The second-order valence-electron chi connectivity index (χ2n) is 6.06. The van der Waals surface area contributed by atoms with E-state index in [9.17, 15) is 4.79 Å². The lowest BCUT2D eigenvalue weighted by Gasteiger charge is -2.27. The van der Waals surface area contributed by atoms with Crippen LogP contribution in [-0.2, 0) is 13.1 Å². The van der Waals surface area contributed by atoms with E-state index in [4.69, 9.17) is 5.26 Å². The summed E-state index contributed by atoms with van der Waals surface area (Å²) >= 11 is 0. The maximum Gasteiger partial charge on any atom is 0.273 e. The van der Waals surface area contributed by atoms with Crippen molar-refractivity contribution in [3.8, 4) is 6.07 Å². The summed E-state index contributed by atoms with van der Waals surface area (Å²) in [6.45, 7) is 5.46. The quantitative estimate of drug-likeness (QED) is 0.683. The summed E-state index contributed by atoms with van der Waals surface area (Å²) < 4.78 is 3.66. The van der Waals surface area contributed by atoms with Crippen molar-refractivity contribution in [3.63, 3.8) is 0 Å². The number of rotatable bonds is 1. The molecule has 0 fully saturated rings. The Kier molecular flexibility index (Phi) is 3.13. The molecule has 0 N–H and O–H groups in total. The fraction of sp³-hybridized carbons (Fsp3) is 0.294. The van der Waals surface area contributed by atoms with Crippen molar-refractivity contribution < 1.29 is 4.79 Å². The van der Waals surface area contributed by atoms with Crippen LogP contribution in [0.4, 0.5) is 0 Å². The van der Waals surface area contributed by atoms with Gasteiger partial charge in [-0.2, -0.15) is 10.4 Å². The van der Waals surface area contributed by atoms with Gasteiger partial charge in [-0.1, -0.05) is 6.07 Å². The molecule has 24 heavy (non-hydrogen) atoms. The molecule has 120 valence electrons. The number of carbonyl (C=O) groups is 1. The fourth-order valence-corrected chi connectivity index (χ4v) is 3.17. The van der Waals surface area contributed by atoms with Crippen LogP contribution in [0, 0.1) is 25.2 Å². The molecule has 1 aliphatic heterocycles. The van der Waals surface area contributed by atoms with E-state index in [2.05, 4.69) is 10.1 Å². The van der Waals surface area contributed by atoms with E-state index in [0.717, 1.165) is 22.6 Å². The van der Waals surface area contributed by atoms with Gasteiger partial charge in [-0.25, -0.2) is 4.98 Å². The van der Waals surface area contributed by atoms with Crippen LogP contribution < -0.4 is 0 Å². The van der Waals surface area contributed by atoms with E-state index < -0.39 is 0 Å². The lowest BCUT2D eigenvalue weighted by atomic mass is 10.2. The van der Waals surface area contributed by atoms with Crippen molar-refractivity contribution in [2.24, 2.45) is 0 Å². The first-order valence-corrected chi connectivity index (χ1v) is 7.78. The van der Waals surface area contributed by atoms with Crippen molar-refractivity contribution in [2.75, 3.05) is 6.54 Å². The molecule has 0 atom stereocenters. The van der Waals surface area contributed by atoms with Gasteiger partial charge in [0.2, 0.25) is 0 Å². The van der Waals surface area contributed by atoms with Gasteiger partial charge in [0, 0.05) is 12.7 Å². The first kappa shape index (κ1) is 14.5. The Morgan fingerprint density at radius 1 is 1.29 bits per heavy atom. The Hall–Kier alpha value is -3.14. The molecule has 0 radical (unpaired) electrons. The Morgan fingerprint density at radius 3 is 2.92 bits per heavy atom. The van der Waals surface area contributed by atoms with Crippen LogP contribution in [0.1, 0.15) is 33.1 Å². The van der Waals surface area contributed by atoms with Gasteiger partial charge in [-0.05, 0) is 31.5 Å². The highest BCUT2D eigenvalue weighted by molar-refractivity contribution is 5.94. The minimum Gasteiger partial charge on any atom is -0.330 e. The van der Waals surface area contributed by atoms with Crippen LogP contribution in [0.5, 0.6) is 0 Å². The summed E-state index contributed by atoms with van der Waals surface area (Å²) in [4.78, 5) is 19.3. The smallest absolute Gasteiger partial charge is 0.273 e. The topological polar surface area (TPSA) is 79.2 Å². The normalized spacial score (nSPS) is 13.8. The molecule has 3 aromatic rings. The standard InChI is InChI=1S/C17H16N6O/c1-11-3-4-15-19-12(2)16(22(15)9-11)17(24)21-5-6-23-14(10-21)7-13(8-18)20-23/h3-4,7,9H,5-6,10H2,1-2H3. The van der Waals surface area contributed by atoms with Gasteiger partial charge in [-0.15, -0.1) is 0 Å². The molecule has 1 aliphatic rings. The highest BCUT2D eigenvalue weighted by Crippen LogP contribution is 2.19. The zero-order valence-electron chi connectivity index (χ0n) is 13.5. The molecule has 3 aromatic heterocycles. The fourth-order valence-electron chi connectivity index (χ4n) is 3.17. The summed E-state index contributed by atoms with van der Waals surface area (Å²) in [6, 6.07) is 7.69. The van der Waals surface area contributed by atoms with Gasteiger partial charge in [-0.3, -0.25) is 13.9 Å². The number of carbonyl (C=O) groups excluding carboxylic acids is 1. The minimum atomic E-state index is -0.0449. The molecule has 0 unspecified atom stereocenters. The van der Waals surface area contributed by atoms with Crippen LogP contribution in [0.15, 0.2) is 24.4 Å². The molecule has 0 saturated heterocycles. The van der Waals surface area contributed by atoms with E-state index in [1.807, 2.05) is 42.6 Å². The van der Waals surface area contributed by atoms with Crippen LogP contribution >= 0.6 is 0 Å². The molecule has 0 saturated carbocycles. The van der Waals surface area contributed by atoms with Crippen LogP contribution in [0.25, 0.3) is 5.65 Å². The van der Waals surface area contributed by atoms with Crippen molar-refractivity contribution in [1.82, 2.24) is 24.1 Å². The zero-order chi connectivity index (χ0) is 16.8. The molecule has 0 spiro atoms. The minimum absolute atomic E-state index is 0.0449. The first-order chi connectivity index (χ1) is 11.6. The summed E-state index contributed by atoms with van der Waals surface area (Å²) in [5.41, 5.74) is 4.44. The van der Waals surface area contributed by atoms with Crippen LogP contribution in [-0.4, -0.2) is 36.5 Å². The number of hydrogen-bond acceptors (Lipinski definition) is 4. The lowest BCUT2D eigenvalue weighted by molar-refractivity contribution is 0.0698. The number of aryl methyl sites for hydroxylation is 2. The number of aromatic nitrogens is 4. The third-order valence-electron chi connectivity index (χ3n) is 4.34. The van der Waals surface area contributed by atoms with Crippen molar-refractivity contribution in [1.29, 1.82) is 5.26 Å². The summed E-state index contributed by atoms with van der Waals surface area (Å²) in [6.07, 6.45) is 1.94. The molecule has 0 aliphatic carbocycles. The molecule has 0 aromatic carbocycles. The highest BCUT2D eigenvalue weighted by Gasteiger charge is 2.27. The maximum absolute atomic E-state index is 13.1. The van der Waals surface area contributed by atoms with Crippen LogP contribution in [0.3, 0.4) is 0 Å². The zero-order valence-corrected chi connectivity index (χ0v) is 13.5. The molecule has 0 bridgehead atoms. The van der Waals surface area contributed by atoms with Gasteiger partial charge >= 0.3 is 0 Å². The number of pyridine rings is 1. The Labute approximate surface area is 138 Å². The van der Waals surface area contributed by atoms with Crippen molar-refractivity contribution in [2.45, 2.75) is 26.9 Å². The monoisotopic (exact) mass is 320 g/mol. The van der Waals surface area contributed by atoms with E-state index in [0.29, 0.717) is 31.0 Å². The Balaban J connectivity index is 1.71. The SMILES string of the molecule is Cc1ccc2nc(C)c(C(=O)N3CCn4nc(C#N)cc4C3)n2c1. The summed E-state index contributed by atoms with van der Waals surface area (Å²) in [5.74, 6) is -0.0449. The van der Waals surface area contributed by atoms with Gasteiger partial charge in [0.15, 0.2) is 5.69 Å². The first-order valence-electron chi connectivity index (χ1n) is 7.78. The van der Waals surface area contributed by atoms with Gasteiger partial charge in [0.1, 0.15) is 17.4 Å². The predicted octanol–water partition coefficient (Wildman–Crippen LogP) is 1.68. The molecule has 7 heteroatoms. The molecule has 7 nitrogen and oxygen atoms in total. The van der Waals surface area contributed by atoms with E-state index in [-0.39, 0.29) is 5.91 Å². The largest absolute Gasteiger partial charge is 0.330 e. The number of nitrogens with zero attached hydrogens (tertiary/aromatic N) is 6. The number of imidazole rings is 1. The lowest BCUT2D eigenvalue weighted by Crippen LogP contribution is -2.39. The second-order valence-corrected chi connectivity index (χ2v) is 6.06. The van der Waals surface area contributed by atoms with Gasteiger partial charge < -0.3 is 4.90 Å². The average molecular weight is 320 g/mol. The molecule has 4 heterocycles. The number of fused-ring (bicyclic) bond motifs is 2. The molecule has 4 rings (SSSR count). The number of amides is 1. The van der Waals surface area contributed by atoms with Crippen LogP contribution in [0.2, 0.25) is 0 Å². The van der Waals surface area contributed by atoms with E-state index in [1.54, 1.807) is 15.6 Å². The Morgan fingerprint density at radius 2 is 2.12 bits per heavy atom. The Bertz CT molecular complexity index is 1010. The third-order valence-corrected chi connectivity index (χ3v) is 4.34. The summed E-state index contributed by atoms with van der Waals surface area (Å²) in [5, 5.41) is 13.2. The van der Waals surface area contributed by atoms with Crippen molar-refractivity contribution >= 4 is 11.6 Å². The second kappa shape index (κ2) is 5.20. The predicted molar refractivity (Wildman–Crippen MR) is 86.3 cm³/mol. The molecular weight excluding hydrogens is 304 g/mol. The van der Waals surface area contributed by atoms with E-state index >= 15 is 0 Å². The third kappa shape index (κ3) is 2.15. The number of hydrogen-bond donors (Lipinski definition) is 0. The maximum atomic E-state index is 13.1. The molecular formula is C17H16N6O. The average Bonchev–Trinajstić information content (AvgIpc) is 3.13. The summed E-state index contributed by atoms with van der Waals surface area (Å²) in [7, 11) is 0. The molecule has 1 amide bonds. The highest BCUT2D eigenvalue weighted by atomic mass is 16.2. The van der Waals surface area contributed by atoms with Gasteiger partial charge in [0.05, 0.1) is 24.5 Å².